The second-order valence-corrected chi connectivity index (χ2v) is 7.56. The second kappa shape index (κ2) is 5.34. The molecule has 2 rings (SSSR count). The first-order valence-corrected chi connectivity index (χ1v) is 8.55. The highest BCUT2D eigenvalue weighted by Crippen LogP contribution is 2.38. The fraction of sp³-hybridized carbons (Fsp3) is 0.533. The number of benzene rings is 1. The first kappa shape index (κ1) is 14.1. The van der Waals surface area contributed by atoms with Crippen molar-refractivity contribution in [1.29, 1.82) is 5.26 Å². The zero-order chi connectivity index (χ0) is 13.9. The van der Waals surface area contributed by atoms with Crippen molar-refractivity contribution < 1.29 is 8.42 Å². The first-order chi connectivity index (χ1) is 8.95. The Kier molecular flexibility index (Phi) is 3.96. The third-order valence-corrected chi connectivity index (χ3v) is 5.07. The molecule has 1 fully saturated rings. The summed E-state index contributed by atoms with van der Waals surface area (Å²) >= 11 is 0. The molecule has 0 atom stereocenters. The lowest BCUT2D eigenvalue weighted by atomic mass is 9.71. The minimum atomic E-state index is -3.14. The van der Waals surface area contributed by atoms with Crippen LogP contribution in [0.25, 0.3) is 0 Å². The lowest BCUT2D eigenvalue weighted by molar-refractivity contribution is 0.266. The van der Waals surface area contributed by atoms with Crippen LogP contribution in [0, 0.1) is 16.7 Å². The van der Waals surface area contributed by atoms with E-state index in [1.54, 1.807) is 12.1 Å². The molecule has 0 aromatic heterocycles. The largest absolute Gasteiger partial charge is 0.224 e. The van der Waals surface area contributed by atoms with Crippen LogP contribution in [0.4, 0.5) is 0 Å². The Hall–Kier alpha value is -1.34. The Morgan fingerprint density at radius 1 is 1.16 bits per heavy atom. The highest BCUT2D eigenvalue weighted by atomic mass is 32.2. The van der Waals surface area contributed by atoms with E-state index in [1.165, 1.54) is 12.7 Å². The standard InChI is InChI=1S/C15H19NO2S/c1-19(17,18)14-7-5-13(6-8-14)11-15(12-16)9-3-2-4-10-15/h5-8H,2-4,9-11H2,1H3. The van der Waals surface area contributed by atoms with E-state index in [0.717, 1.165) is 37.7 Å². The summed E-state index contributed by atoms with van der Waals surface area (Å²) in [5, 5.41) is 9.44. The van der Waals surface area contributed by atoms with Crippen LogP contribution in [-0.2, 0) is 16.3 Å². The molecule has 1 saturated carbocycles. The number of rotatable bonds is 3. The molecule has 102 valence electrons. The van der Waals surface area contributed by atoms with Gasteiger partial charge < -0.3 is 0 Å². The van der Waals surface area contributed by atoms with E-state index >= 15 is 0 Å². The monoisotopic (exact) mass is 277 g/mol. The van der Waals surface area contributed by atoms with Crippen molar-refractivity contribution in [3.8, 4) is 6.07 Å². The number of sulfone groups is 1. The van der Waals surface area contributed by atoms with Gasteiger partial charge in [-0.25, -0.2) is 8.42 Å². The molecule has 1 aromatic rings. The zero-order valence-electron chi connectivity index (χ0n) is 11.2. The average molecular weight is 277 g/mol. The van der Waals surface area contributed by atoms with E-state index in [9.17, 15) is 13.7 Å². The predicted molar refractivity (Wildman–Crippen MR) is 74.4 cm³/mol. The van der Waals surface area contributed by atoms with Crippen LogP contribution in [0.3, 0.4) is 0 Å². The second-order valence-electron chi connectivity index (χ2n) is 5.55. The van der Waals surface area contributed by atoms with Crippen molar-refractivity contribution >= 4 is 9.84 Å². The molecule has 0 spiro atoms. The van der Waals surface area contributed by atoms with E-state index < -0.39 is 9.84 Å². The van der Waals surface area contributed by atoms with Crippen molar-refractivity contribution in [3.05, 3.63) is 29.8 Å². The van der Waals surface area contributed by atoms with E-state index in [1.807, 2.05) is 12.1 Å². The molecule has 0 N–H and O–H groups in total. The van der Waals surface area contributed by atoms with Gasteiger partial charge in [0.1, 0.15) is 0 Å². The van der Waals surface area contributed by atoms with Gasteiger partial charge in [0.25, 0.3) is 0 Å². The molecule has 3 nitrogen and oxygen atoms in total. The number of hydrogen-bond acceptors (Lipinski definition) is 3. The Balaban J connectivity index is 2.17. The molecule has 0 unspecified atom stereocenters. The summed E-state index contributed by atoms with van der Waals surface area (Å²) in [5.41, 5.74) is 0.807. The fourth-order valence-corrected chi connectivity index (χ4v) is 3.43. The van der Waals surface area contributed by atoms with E-state index in [-0.39, 0.29) is 5.41 Å². The third kappa shape index (κ3) is 3.36. The van der Waals surface area contributed by atoms with E-state index in [2.05, 4.69) is 6.07 Å². The van der Waals surface area contributed by atoms with Gasteiger partial charge in [0.15, 0.2) is 9.84 Å². The molecular formula is C15H19NO2S. The molecule has 4 heteroatoms. The van der Waals surface area contributed by atoms with Crippen LogP contribution in [0.5, 0.6) is 0 Å². The smallest absolute Gasteiger partial charge is 0.175 e. The topological polar surface area (TPSA) is 57.9 Å². The Bertz CT molecular complexity index is 576. The maximum Gasteiger partial charge on any atom is 0.175 e. The zero-order valence-corrected chi connectivity index (χ0v) is 12.0. The van der Waals surface area contributed by atoms with Gasteiger partial charge in [-0.1, -0.05) is 31.4 Å². The summed E-state index contributed by atoms with van der Waals surface area (Å²) in [5.74, 6) is 0. The molecular weight excluding hydrogens is 258 g/mol. The number of nitriles is 1. The third-order valence-electron chi connectivity index (χ3n) is 3.94. The van der Waals surface area contributed by atoms with Crippen molar-refractivity contribution in [3.63, 3.8) is 0 Å². The Morgan fingerprint density at radius 3 is 2.21 bits per heavy atom. The molecule has 1 aliphatic carbocycles. The average Bonchev–Trinajstić information content (AvgIpc) is 2.39. The van der Waals surface area contributed by atoms with Gasteiger partial charge in [-0.3, -0.25) is 0 Å². The molecule has 0 amide bonds. The van der Waals surface area contributed by atoms with Gasteiger partial charge in [0.2, 0.25) is 0 Å². The molecule has 1 aliphatic rings. The Morgan fingerprint density at radius 2 is 1.74 bits per heavy atom. The number of hydrogen-bond donors (Lipinski definition) is 0. The maximum absolute atomic E-state index is 11.4. The van der Waals surface area contributed by atoms with Crippen LogP contribution in [0.1, 0.15) is 37.7 Å². The molecule has 0 bridgehead atoms. The van der Waals surface area contributed by atoms with Crippen LogP contribution in [0.2, 0.25) is 0 Å². The minimum absolute atomic E-state index is 0.245. The van der Waals surface area contributed by atoms with Gasteiger partial charge in [0, 0.05) is 6.26 Å². The summed E-state index contributed by atoms with van der Waals surface area (Å²) in [4.78, 5) is 0.339. The van der Waals surface area contributed by atoms with Gasteiger partial charge in [0.05, 0.1) is 16.4 Å². The van der Waals surface area contributed by atoms with Crippen molar-refractivity contribution in [1.82, 2.24) is 0 Å². The molecule has 0 heterocycles. The number of nitrogens with zero attached hydrogens (tertiary/aromatic N) is 1. The fourth-order valence-electron chi connectivity index (χ4n) is 2.80. The van der Waals surface area contributed by atoms with Crippen LogP contribution in [-0.4, -0.2) is 14.7 Å². The van der Waals surface area contributed by atoms with Crippen molar-refractivity contribution in [2.75, 3.05) is 6.26 Å². The van der Waals surface area contributed by atoms with Gasteiger partial charge >= 0.3 is 0 Å². The summed E-state index contributed by atoms with van der Waals surface area (Å²) in [6.07, 6.45) is 7.31. The summed E-state index contributed by atoms with van der Waals surface area (Å²) in [6, 6.07) is 9.44. The normalized spacial score (nSPS) is 18.7. The summed E-state index contributed by atoms with van der Waals surface area (Å²) < 4.78 is 22.8. The van der Waals surface area contributed by atoms with Gasteiger partial charge in [-0.2, -0.15) is 5.26 Å². The minimum Gasteiger partial charge on any atom is -0.224 e. The van der Waals surface area contributed by atoms with E-state index in [0.29, 0.717) is 4.90 Å². The van der Waals surface area contributed by atoms with Crippen LogP contribution < -0.4 is 0 Å². The first-order valence-electron chi connectivity index (χ1n) is 6.65. The van der Waals surface area contributed by atoms with Crippen molar-refractivity contribution in [2.45, 2.75) is 43.4 Å². The SMILES string of the molecule is CS(=O)(=O)c1ccc(CC2(C#N)CCCCC2)cc1. The predicted octanol–water partition coefficient (Wildman–Crippen LogP) is 3.11. The van der Waals surface area contributed by atoms with Gasteiger partial charge in [-0.05, 0) is 37.0 Å². The van der Waals surface area contributed by atoms with E-state index in [4.69, 9.17) is 0 Å². The highest BCUT2D eigenvalue weighted by molar-refractivity contribution is 7.90. The van der Waals surface area contributed by atoms with Crippen LogP contribution >= 0.6 is 0 Å². The summed E-state index contributed by atoms with van der Waals surface area (Å²) in [7, 11) is -3.14. The molecule has 0 radical (unpaired) electrons. The molecule has 1 aromatic carbocycles. The Labute approximate surface area is 115 Å². The lowest BCUT2D eigenvalue weighted by Gasteiger charge is -2.30. The van der Waals surface area contributed by atoms with Crippen LogP contribution in [0.15, 0.2) is 29.2 Å². The highest BCUT2D eigenvalue weighted by Gasteiger charge is 2.32. The molecule has 0 saturated heterocycles. The summed E-state index contributed by atoms with van der Waals surface area (Å²) in [6.45, 7) is 0. The molecule has 0 aliphatic heterocycles. The van der Waals surface area contributed by atoms with Crippen molar-refractivity contribution in [2.24, 2.45) is 5.41 Å². The van der Waals surface area contributed by atoms with Gasteiger partial charge in [-0.15, -0.1) is 0 Å². The maximum atomic E-state index is 11.4. The quantitative estimate of drug-likeness (QED) is 0.853. The molecule has 19 heavy (non-hydrogen) atoms. The lowest BCUT2D eigenvalue weighted by Crippen LogP contribution is -2.24.